The molecule has 0 amide bonds. The summed E-state index contributed by atoms with van der Waals surface area (Å²) in [6.45, 7) is 6.44. The number of carbonyl (C=O) groups excluding carboxylic acids is 3. The molecule has 0 aliphatic carbocycles. The van der Waals surface area contributed by atoms with Crippen LogP contribution >= 0.6 is 0 Å². The highest BCUT2D eigenvalue weighted by atomic mass is 16.6. The molecule has 6 heteroatoms. The first-order chi connectivity index (χ1) is 33.0. The fraction of sp³-hybridized carbons (Fsp3) is 0.689. The summed E-state index contributed by atoms with van der Waals surface area (Å²) in [7, 11) is 0. The average molecular weight is 931 g/mol. The quantitative estimate of drug-likeness (QED) is 0.0262. The maximum absolute atomic E-state index is 12.8. The lowest BCUT2D eigenvalue weighted by molar-refractivity contribution is -0.167. The molecule has 0 radical (unpaired) electrons. The Labute approximate surface area is 413 Å². The van der Waals surface area contributed by atoms with Crippen LogP contribution in [-0.2, 0) is 28.6 Å². The molecular weight excluding hydrogens is 829 g/mol. The van der Waals surface area contributed by atoms with Gasteiger partial charge in [0.05, 0.1) is 0 Å². The summed E-state index contributed by atoms with van der Waals surface area (Å²) in [4.78, 5) is 38.1. The monoisotopic (exact) mass is 931 g/mol. The summed E-state index contributed by atoms with van der Waals surface area (Å²) in [5.41, 5.74) is 0. The van der Waals surface area contributed by atoms with Gasteiger partial charge in [0, 0.05) is 19.3 Å². The molecule has 0 aromatic carbocycles. The zero-order valence-electron chi connectivity index (χ0n) is 43.6. The van der Waals surface area contributed by atoms with Crippen LogP contribution < -0.4 is 0 Å². The maximum Gasteiger partial charge on any atom is 0.306 e. The molecule has 0 aliphatic rings. The van der Waals surface area contributed by atoms with Crippen LogP contribution in [0.1, 0.15) is 252 Å². The van der Waals surface area contributed by atoms with E-state index < -0.39 is 6.10 Å². The second-order valence-electron chi connectivity index (χ2n) is 18.1. The van der Waals surface area contributed by atoms with Crippen molar-refractivity contribution in [2.45, 2.75) is 258 Å². The summed E-state index contributed by atoms with van der Waals surface area (Å²) in [5, 5.41) is 0. The largest absolute Gasteiger partial charge is 0.462 e. The van der Waals surface area contributed by atoms with Crippen molar-refractivity contribution in [3.8, 4) is 0 Å². The fourth-order valence-corrected chi connectivity index (χ4v) is 7.37. The van der Waals surface area contributed by atoms with Gasteiger partial charge in [-0.3, -0.25) is 14.4 Å². The molecular formula is C61H102O6. The Morgan fingerprint density at radius 2 is 0.582 bits per heavy atom. The second-order valence-corrected chi connectivity index (χ2v) is 18.1. The molecule has 1 atom stereocenters. The predicted octanol–water partition coefficient (Wildman–Crippen LogP) is 18.5. The van der Waals surface area contributed by atoms with Gasteiger partial charge in [-0.25, -0.2) is 0 Å². The van der Waals surface area contributed by atoms with Crippen molar-refractivity contribution in [1.82, 2.24) is 0 Å². The lowest BCUT2D eigenvalue weighted by Gasteiger charge is -2.18. The second kappa shape index (κ2) is 54.9. The van der Waals surface area contributed by atoms with E-state index in [4.69, 9.17) is 14.2 Å². The Morgan fingerprint density at radius 1 is 0.313 bits per heavy atom. The lowest BCUT2D eigenvalue weighted by atomic mass is 10.1. The highest BCUT2D eigenvalue weighted by molar-refractivity contribution is 5.71. The van der Waals surface area contributed by atoms with E-state index in [0.717, 1.165) is 128 Å². The normalized spacial score (nSPS) is 12.8. The standard InChI is InChI=1S/C61H102O6/c1-4-7-10-13-16-19-22-25-27-29-30-32-33-36-39-42-45-48-51-54-60(63)66-57-58(56-65-59(62)53-50-47-44-41-38-35-24-21-18-15-12-9-6-3)67-61(64)55-52-49-46-43-40-37-34-31-28-26-23-20-17-14-11-8-5-2/h8,11,16-17,19-21,24-28,30,32,34,37,58H,4-7,9-10,12-15,18,22-23,29,31,33,35-36,38-57H2,1-3H3/b11-8-,19-16-,20-17-,24-21-,27-25-,28-26-,32-30-,37-34-. The molecule has 0 aromatic heterocycles. The minimum Gasteiger partial charge on any atom is -0.462 e. The Morgan fingerprint density at radius 3 is 0.955 bits per heavy atom. The Bertz CT molecular complexity index is 1350. The third-order valence-electron chi connectivity index (χ3n) is 11.5. The summed E-state index contributed by atoms with van der Waals surface area (Å²) >= 11 is 0. The van der Waals surface area contributed by atoms with Gasteiger partial charge in [-0.15, -0.1) is 0 Å². The molecule has 0 aliphatic heterocycles. The van der Waals surface area contributed by atoms with Crippen LogP contribution in [0.3, 0.4) is 0 Å². The molecule has 0 saturated carbocycles. The summed E-state index contributed by atoms with van der Waals surface area (Å²) in [6.07, 6.45) is 72.4. The van der Waals surface area contributed by atoms with Gasteiger partial charge in [-0.05, 0) is 122 Å². The zero-order valence-corrected chi connectivity index (χ0v) is 43.6. The third-order valence-corrected chi connectivity index (χ3v) is 11.5. The Kier molecular flexibility index (Phi) is 51.9. The molecule has 0 aromatic rings. The van der Waals surface area contributed by atoms with Crippen LogP contribution in [0.4, 0.5) is 0 Å². The van der Waals surface area contributed by atoms with Crippen LogP contribution in [0.2, 0.25) is 0 Å². The molecule has 67 heavy (non-hydrogen) atoms. The molecule has 1 unspecified atom stereocenters. The maximum atomic E-state index is 12.8. The minimum atomic E-state index is -0.800. The summed E-state index contributed by atoms with van der Waals surface area (Å²) in [6, 6.07) is 0. The van der Waals surface area contributed by atoms with E-state index in [1.165, 1.54) is 83.5 Å². The van der Waals surface area contributed by atoms with Gasteiger partial charge in [-0.2, -0.15) is 0 Å². The molecule has 0 heterocycles. The topological polar surface area (TPSA) is 78.9 Å². The van der Waals surface area contributed by atoms with Crippen molar-refractivity contribution in [3.63, 3.8) is 0 Å². The molecule has 6 nitrogen and oxygen atoms in total. The van der Waals surface area contributed by atoms with E-state index >= 15 is 0 Å². The van der Waals surface area contributed by atoms with Gasteiger partial charge in [-0.1, -0.05) is 208 Å². The number of rotatable bonds is 49. The third kappa shape index (κ3) is 53.2. The van der Waals surface area contributed by atoms with Crippen molar-refractivity contribution in [3.05, 3.63) is 97.2 Å². The van der Waals surface area contributed by atoms with Crippen molar-refractivity contribution in [2.75, 3.05) is 13.2 Å². The number of hydrogen-bond acceptors (Lipinski definition) is 6. The van der Waals surface area contributed by atoms with Gasteiger partial charge in [0.25, 0.3) is 0 Å². The van der Waals surface area contributed by atoms with Gasteiger partial charge in [0.1, 0.15) is 13.2 Å². The molecule has 0 N–H and O–H groups in total. The van der Waals surface area contributed by atoms with Crippen LogP contribution in [0, 0.1) is 0 Å². The van der Waals surface area contributed by atoms with Gasteiger partial charge in [0.2, 0.25) is 0 Å². The van der Waals surface area contributed by atoms with Crippen LogP contribution in [0.5, 0.6) is 0 Å². The molecule has 0 rings (SSSR count). The number of allylic oxidation sites excluding steroid dienone is 16. The minimum absolute atomic E-state index is 0.0970. The lowest BCUT2D eigenvalue weighted by Crippen LogP contribution is -2.30. The van der Waals surface area contributed by atoms with E-state index in [0.29, 0.717) is 19.3 Å². The predicted molar refractivity (Wildman–Crippen MR) is 288 cm³/mol. The van der Waals surface area contributed by atoms with Crippen LogP contribution in [0.25, 0.3) is 0 Å². The molecule has 0 saturated heterocycles. The van der Waals surface area contributed by atoms with Crippen molar-refractivity contribution >= 4 is 17.9 Å². The number of ether oxygens (including phenoxy) is 3. The van der Waals surface area contributed by atoms with Gasteiger partial charge >= 0.3 is 17.9 Å². The van der Waals surface area contributed by atoms with Crippen LogP contribution in [0.15, 0.2) is 97.2 Å². The van der Waals surface area contributed by atoms with Crippen LogP contribution in [-0.4, -0.2) is 37.2 Å². The van der Waals surface area contributed by atoms with E-state index in [2.05, 4.69) is 118 Å². The molecule has 0 fully saturated rings. The highest BCUT2D eigenvalue weighted by Gasteiger charge is 2.19. The Hall–Kier alpha value is -3.67. The van der Waals surface area contributed by atoms with E-state index in [1.54, 1.807) is 0 Å². The highest BCUT2D eigenvalue weighted by Crippen LogP contribution is 2.13. The number of unbranched alkanes of at least 4 members (excludes halogenated alkanes) is 22. The fourth-order valence-electron chi connectivity index (χ4n) is 7.37. The van der Waals surface area contributed by atoms with Gasteiger partial charge in [0.15, 0.2) is 6.10 Å². The first-order valence-corrected chi connectivity index (χ1v) is 27.7. The van der Waals surface area contributed by atoms with Crippen molar-refractivity contribution < 1.29 is 28.6 Å². The van der Waals surface area contributed by atoms with E-state index in [9.17, 15) is 14.4 Å². The zero-order chi connectivity index (χ0) is 48.6. The number of hydrogen-bond donors (Lipinski definition) is 0. The van der Waals surface area contributed by atoms with E-state index in [1.807, 2.05) is 0 Å². The first kappa shape index (κ1) is 63.3. The van der Waals surface area contributed by atoms with Crippen molar-refractivity contribution in [2.24, 2.45) is 0 Å². The SMILES string of the molecule is CC/C=C\C/C=C\C/C=C\C/C=C\CCCCCCC(=O)OC(COC(=O)CCCCCCC/C=C\CCCCCC)COC(=O)CCCCCCCC/C=C\C/C=C\C/C=C\CCCCC. The van der Waals surface area contributed by atoms with Gasteiger partial charge < -0.3 is 14.2 Å². The molecule has 0 bridgehead atoms. The van der Waals surface area contributed by atoms with E-state index in [-0.39, 0.29) is 31.1 Å². The Balaban J connectivity index is 4.46. The number of esters is 3. The molecule has 0 spiro atoms. The smallest absolute Gasteiger partial charge is 0.306 e. The molecule has 382 valence electrons. The van der Waals surface area contributed by atoms with Crippen molar-refractivity contribution in [1.29, 1.82) is 0 Å². The average Bonchev–Trinajstić information content (AvgIpc) is 3.33. The summed E-state index contributed by atoms with van der Waals surface area (Å²) in [5.74, 6) is -0.941. The summed E-state index contributed by atoms with van der Waals surface area (Å²) < 4.78 is 16.8. The number of carbonyl (C=O) groups is 3. The first-order valence-electron chi connectivity index (χ1n) is 27.7.